The molecule has 1 saturated carbocycles. The zero-order chi connectivity index (χ0) is 14.5. The Hall–Kier alpha value is -2.11. The summed E-state index contributed by atoms with van der Waals surface area (Å²) in [4.78, 5) is 22.9. The predicted octanol–water partition coefficient (Wildman–Crippen LogP) is 2.70. The van der Waals surface area contributed by atoms with Crippen LogP contribution in [0.4, 0.5) is 11.4 Å². The SMILES string of the molecule is CCNc1c(C(=O)NC2CCCC2)cccc1[N+](=O)[O-]. The van der Waals surface area contributed by atoms with Crippen molar-refractivity contribution in [2.75, 3.05) is 11.9 Å². The first kappa shape index (κ1) is 14.3. The van der Waals surface area contributed by atoms with Gasteiger partial charge in [0.25, 0.3) is 11.6 Å². The molecule has 2 N–H and O–H groups in total. The number of nitrogens with one attached hydrogen (secondary N) is 2. The van der Waals surface area contributed by atoms with Gasteiger partial charge in [0.2, 0.25) is 0 Å². The second-order valence-corrected chi connectivity index (χ2v) is 4.94. The second-order valence-electron chi connectivity index (χ2n) is 4.94. The Bertz CT molecular complexity index is 510. The van der Waals surface area contributed by atoms with Crippen molar-refractivity contribution >= 4 is 17.3 Å². The number of carbonyl (C=O) groups is 1. The maximum atomic E-state index is 12.3. The van der Waals surface area contributed by atoms with Crippen molar-refractivity contribution in [3.05, 3.63) is 33.9 Å². The van der Waals surface area contributed by atoms with Crippen molar-refractivity contribution in [1.29, 1.82) is 0 Å². The highest BCUT2D eigenvalue weighted by atomic mass is 16.6. The maximum Gasteiger partial charge on any atom is 0.293 e. The third-order valence-corrected chi connectivity index (χ3v) is 3.53. The number of amides is 1. The van der Waals surface area contributed by atoms with Gasteiger partial charge >= 0.3 is 0 Å². The minimum absolute atomic E-state index is 0.0640. The van der Waals surface area contributed by atoms with Gasteiger partial charge in [0.05, 0.1) is 10.5 Å². The number of benzene rings is 1. The quantitative estimate of drug-likeness (QED) is 0.640. The van der Waals surface area contributed by atoms with Crippen LogP contribution >= 0.6 is 0 Å². The van der Waals surface area contributed by atoms with Gasteiger partial charge in [0.1, 0.15) is 5.69 Å². The van der Waals surface area contributed by atoms with Crippen LogP contribution in [0, 0.1) is 10.1 Å². The van der Waals surface area contributed by atoms with E-state index in [1.165, 1.54) is 6.07 Å². The Kier molecular flexibility index (Phi) is 4.55. The molecule has 1 amide bonds. The van der Waals surface area contributed by atoms with Crippen LogP contribution in [-0.2, 0) is 0 Å². The number of nitro groups is 1. The summed E-state index contributed by atoms with van der Waals surface area (Å²) in [6, 6.07) is 4.76. The van der Waals surface area contributed by atoms with E-state index in [1.807, 2.05) is 6.92 Å². The normalized spacial score (nSPS) is 15.1. The molecule has 108 valence electrons. The van der Waals surface area contributed by atoms with E-state index in [1.54, 1.807) is 12.1 Å². The number of rotatable bonds is 5. The molecule has 20 heavy (non-hydrogen) atoms. The Morgan fingerprint density at radius 3 is 2.70 bits per heavy atom. The Labute approximate surface area is 117 Å². The van der Waals surface area contributed by atoms with E-state index in [0.29, 0.717) is 17.8 Å². The molecule has 0 radical (unpaired) electrons. The average Bonchev–Trinajstić information content (AvgIpc) is 2.91. The zero-order valence-electron chi connectivity index (χ0n) is 11.5. The second kappa shape index (κ2) is 6.36. The van der Waals surface area contributed by atoms with Crippen LogP contribution in [0.3, 0.4) is 0 Å². The molecule has 0 spiro atoms. The Morgan fingerprint density at radius 1 is 1.40 bits per heavy atom. The molecule has 0 heterocycles. The third-order valence-electron chi connectivity index (χ3n) is 3.53. The largest absolute Gasteiger partial charge is 0.379 e. The van der Waals surface area contributed by atoms with Crippen LogP contribution in [0.25, 0.3) is 0 Å². The van der Waals surface area contributed by atoms with Gasteiger partial charge in [-0.3, -0.25) is 14.9 Å². The first-order valence-electron chi connectivity index (χ1n) is 6.95. The maximum absolute atomic E-state index is 12.3. The molecule has 1 aromatic carbocycles. The fourth-order valence-electron chi connectivity index (χ4n) is 2.58. The summed E-state index contributed by atoms with van der Waals surface area (Å²) in [5.74, 6) is -0.239. The fraction of sp³-hybridized carbons (Fsp3) is 0.500. The first-order chi connectivity index (χ1) is 9.63. The highest BCUT2D eigenvalue weighted by Gasteiger charge is 2.23. The molecule has 1 fully saturated rings. The van der Waals surface area contributed by atoms with Gasteiger partial charge in [-0.05, 0) is 25.8 Å². The van der Waals surface area contributed by atoms with Crippen molar-refractivity contribution in [2.24, 2.45) is 0 Å². The van der Waals surface area contributed by atoms with Crippen LogP contribution < -0.4 is 10.6 Å². The van der Waals surface area contributed by atoms with E-state index in [2.05, 4.69) is 10.6 Å². The van der Waals surface area contributed by atoms with E-state index >= 15 is 0 Å². The van der Waals surface area contributed by atoms with Crippen molar-refractivity contribution in [3.8, 4) is 0 Å². The molecule has 0 saturated heterocycles. The van der Waals surface area contributed by atoms with Crippen LogP contribution in [0.1, 0.15) is 43.0 Å². The minimum Gasteiger partial charge on any atom is -0.379 e. The highest BCUT2D eigenvalue weighted by molar-refractivity contribution is 6.01. The first-order valence-corrected chi connectivity index (χ1v) is 6.95. The summed E-state index contributed by atoms with van der Waals surface area (Å²) in [6.45, 7) is 2.37. The van der Waals surface area contributed by atoms with Crippen molar-refractivity contribution in [2.45, 2.75) is 38.6 Å². The molecule has 0 bridgehead atoms. The van der Waals surface area contributed by atoms with Gasteiger partial charge in [-0.2, -0.15) is 0 Å². The molecule has 2 rings (SSSR count). The molecule has 0 atom stereocenters. The van der Waals surface area contributed by atoms with Gasteiger partial charge in [0, 0.05) is 18.7 Å². The van der Waals surface area contributed by atoms with Crippen LogP contribution in [0.5, 0.6) is 0 Å². The van der Waals surface area contributed by atoms with Gasteiger partial charge in [-0.25, -0.2) is 0 Å². The molecule has 0 aromatic heterocycles. The summed E-state index contributed by atoms with van der Waals surface area (Å²) in [5.41, 5.74) is 0.578. The molecule has 6 heteroatoms. The number of hydrogen-bond donors (Lipinski definition) is 2. The number of anilines is 1. The Morgan fingerprint density at radius 2 is 2.10 bits per heavy atom. The summed E-state index contributed by atoms with van der Waals surface area (Å²) in [7, 11) is 0. The molecule has 0 aliphatic heterocycles. The van der Waals surface area contributed by atoms with Crippen molar-refractivity contribution in [1.82, 2.24) is 5.32 Å². The number of hydrogen-bond acceptors (Lipinski definition) is 4. The number of nitro benzene ring substituents is 1. The van der Waals surface area contributed by atoms with Crippen LogP contribution in [0.2, 0.25) is 0 Å². The highest BCUT2D eigenvalue weighted by Crippen LogP contribution is 2.28. The Balaban J connectivity index is 2.26. The molecule has 1 aromatic rings. The van der Waals surface area contributed by atoms with E-state index in [-0.39, 0.29) is 17.6 Å². The lowest BCUT2D eigenvalue weighted by Crippen LogP contribution is -2.33. The molecular weight excluding hydrogens is 258 g/mol. The van der Waals surface area contributed by atoms with Crippen LogP contribution in [-0.4, -0.2) is 23.4 Å². The summed E-state index contributed by atoms with van der Waals surface area (Å²) < 4.78 is 0. The lowest BCUT2D eigenvalue weighted by atomic mass is 10.1. The minimum atomic E-state index is -0.468. The number of carbonyl (C=O) groups excluding carboxylic acids is 1. The third kappa shape index (κ3) is 3.07. The van der Waals surface area contributed by atoms with E-state index < -0.39 is 4.92 Å². The smallest absolute Gasteiger partial charge is 0.293 e. The monoisotopic (exact) mass is 277 g/mol. The average molecular weight is 277 g/mol. The molecule has 6 nitrogen and oxygen atoms in total. The lowest BCUT2D eigenvalue weighted by molar-refractivity contribution is -0.384. The van der Waals surface area contributed by atoms with Gasteiger partial charge in [0.15, 0.2) is 0 Å². The van der Waals surface area contributed by atoms with Crippen molar-refractivity contribution < 1.29 is 9.72 Å². The zero-order valence-corrected chi connectivity index (χ0v) is 11.5. The lowest BCUT2D eigenvalue weighted by Gasteiger charge is -2.15. The summed E-state index contributed by atoms with van der Waals surface area (Å²) >= 11 is 0. The fourth-order valence-corrected chi connectivity index (χ4v) is 2.58. The van der Waals surface area contributed by atoms with E-state index in [4.69, 9.17) is 0 Å². The molecule has 1 aliphatic carbocycles. The van der Waals surface area contributed by atoms with Gasteiger partial charge < -0.3 is 10.6 Å². The number of para-hydroxylation sites is 1. The predicted molar refractivity (Wildman–Crippen MR) is 77.0 cm³/mol. The van der Waals surface area contributed by atoms with Crippen LogP contribution in [0.15, 0.2) is 18.2 Å². The molecule has 1 aliphatic rings. The summed E-state index contributed by atoms with van der Waals surface area (Å²) in [5, 5.41) is 16.9. The standard InChI is InChI=1S/C14H19N3O3/c1-2-15-13-11(8-5-9-12(13)17(19)20)14(18)16-10-6-3-4-7-10/h5,8-10,15H,2-4,6-7H2,1H3,(H,16,18). The van der Waals surface area contributed by atoms with E-state index in [0.717, 1.165) is 25.7 Å². The molecule has 0 unspecified atom stereocenters. The topological polar surface area (TPSA) is 84.3 Å². The van der Waals surface area contributed by atoms with Gasteiger partial charge in [-0.15, -0.1) is 0 Å². The van der Waals surface area contributed by atoms with Gasteiger partial charge in [-0.1, -0.05) is 18.9 Å². The molecular formula is C14H19N3O3. The summed E-state index contributed by atoms with van der Waals surface area (Å²) in [6.07, 6.45) is 4.22. The van der Waals surface area contributed by atoms with E-state index in [9.17, 15) is 14.9 Å². The number of nitrogens with zero attached hydrogens (tertiary/aromatic N) is 1. The van der Waals surface area contributed by atoms with Crippen molar-refractivity contribution in [3.63, 3.8) is 0 Å².